The molecule has 8 heteroatoms. The van der Waals surface area contributed by atoms with Crippen LogP contribution in [0.25, 0.3) is 0 Å². The van der Waals surface area contributed by atoms with Crippen LogP contribution in [0.3, 0.4) is 0 Å². The van der Waals surface area contributed by atoms with Gasteiger partial charge >= 0.3 is 0 Å². The Bertz CT molecular complexity index is 965. The summed E-state index contributed by atoms with van der Waals surface area (Å²) in [4.78, 5) is 46.8. The second-order valence-electron chi connectivity index (χ2n) is 7.67. The average molecular weight is 444 g/mol. The number of carbonyl (C=O) groups excluding carboxylic acids is 3. The molecule has 2 unspecified atom stereocenters. The van der Waals surface area contributed by atoms with Crippen molar-refractivity contribution >= 4 is 29.1 Å². The molecule has 0 spiro atoms. The van der Waals surface area contributed by atoms with Crippen LogP contribution in [0.2, 0.25) is 5.02 Å². The minimum Gasteiger partial charge on any atom is -0.492 e. The van der Waals surface area contributed by atoms with E-state index in [1.54, 1.807) is 36.7 Å². The van der Waals surface area contributed by atoms with Crippen molar-refractivity contribution in [2.75, 3.05) is 33.8 Å². The van der Waals surface area contributed by atoms with E-state index in [4.69, 9.17) is 16.3 Å². The Kier molecular flexibility index (Phi) is 7.41. The Balaban J connectivity index is 1.96. The maximum absolute atomic E-state index is 13.4. The van der Waals surface area contributed by atoms with Crippen LogP contribution in [0, 0.1) is 5.92 Å². The molecule has 1 aromatic heterocycles. The van der Waals surface area contributed by atoms with E-state index in [2.05, 4.69) is 4.98 Å². The number of carbonyl (C=O) groups is 3. The van der Waals surface area contributed by atoms with E-state index in [9.17, 15) is 14.4 Å². The minimum atomic E-state index is -1.14. The van der Waals surface area contributed by atoms with Crippen LogP contribution in [-0.2, 0) is 9.59 Å². The molecule has 2 atom stereocenters. The number of benzene rings is 1. The maximum atomic E-state index is 13.4. The summed E-state index contributed by atoms with van der Waals surface area (Å²) in [5, 5.41) is 0.285. The minimum absolute atomic E-state index is 0.272. The predicted octanol–water partition coefficient (Wildman–Crippen LogP) is 3.04. The number of aromatic nitrogens is 1. The van der Waals surface area contributed by atoms with Crippen molar-refractivity contribution in [3.8, 4) is 5.75 Å². The molecule has 0 aliphatic carbocycles. The van der Waals surface area contributed by atoms with Crippen molar-refractivity contribution in [3.05, 3.63) is 58.9 Å². The lowest BCUT2D eigenvalue weighted by Crippen LogP contribution is -2.33. The van der Waals surface area contributed by atoms with Crippen molar-refractivity contribution in [3.63, 3.8) is 0 Å². The lowest BCUT2D eigenvalue weighted by Gasteiger charge is -2.27. The van der Waals surface area contributed by atoms with E-state index >= 15 is 0 Å². The normalized spacial score (nSPS) is 18.7. The second kappa shape index (κ2) is 10.0. The highest BCUT2D eigenvalue weighted by Gasteiger charge is 2.51. The Morgan fingerprint density at radius 2 is 1.90 bits per heavy atom. The molecule has 0 radical (unpaired) electrons. The third-order valence-electron chi connectivity index (χ3n) is 5.26. The van der Waals surface area contributed by atoms with Gasteiger partial charge in [-0.2, -0.15) is 0 Å². The molecule has 1 aliphatic heterocycles. The number of pyridine rings is 1. The molecule has 1 fully saturated rings. The first-order chi connectivity index (χ1) is 14.8. The average Bonchev–Trinajstić information content (AvgIpc) is 3.00. The van der Waals surface area contributed by atoms with Crippen LogP contribution in [0.15, 0.2) is 42.7 Å². The number of halogens is 1. The highest BCUT2D eigenvalue weighted by atomic mass is 35.5. The molecule has 1 saturated heterocycles. The highest BCUT2D eigenvalue weighted by Crippen LogP contribution is 2.38. The topological polar surface area (TPSA) is 79.8 Å². The summed E-state index contributed by atoms with van der Waals surface area (Å²) in [5.74, 6) is -2.42. The molecule has 1 aliphatic rings. The molecule has 3 rings (SSSR count). The summed E-state index contributed by atoms with van der Waals surface area (Å²) in [6.07, 6.45) is 3.87. The van der Waals surface area contributed by atoms with E-state index in [0.29, 0.717) is 30.9 Å². The van der Waals surface area contributed by atoms with E-state index < -0.39 is 29.4 Å². The van der Waals surface area contributed by atoms with E-state index in [1.807, 2.05) is 25.9 Å². The van der Waals surface area contributed by atoms with Gasteiger partial charge in [0, 0.05) is 24.5 Å². The number of Topliss-reactive ketones (excluding diaryl/α,β-unsaturated/α-hetero) is 2. The number of hydrogen-bond donors (Lipinski definition) is 0. The third kappa shape index (κ3) is 4.94. The molecule has 2 heterocycles. The number of rotatable bonds is 9. The van der Waals surface area contributed by atoms with Crippen LogP contribution in [0.5, 0.6) is 5.75 Å². The standard InChI is InChI=1S/C23H26ClN3O4/c1-4-31-18-7-6-16(14-17(18)24)21(28)19-20(15-8-10-25-11-9-15)27(23(30)22(19)29)13-5-12-26(2)3/h6-11,14,19-20H,4-5,12-13H2,1-3H3. The van der Waals surface area contributed by atoms with Crippen molar-refractivity contribution < 1.29 is 19.1 Å². The summed E-state index contributed by atoms with van der Waals surface area (Å²) in [6, 6.07) is 7.47. The zero-order chi connectivity index (χ0) is 22.5. The lowest BCUT2D eigenvalue weighted by atomic mass is 9.86. The number of amides is 1. The predicted molar refractivity (Wildman–Crippen MR) is 117 cm³/mol. The maximum Gasteiger partial charge on any atom is 0.291 e. The number of ether oxygens (including phenoxy) is 1. The van der Waals surface area contributed by atoms with Gasteiger partial charge in [0.2, 0.25) is 5.78 Å². The first-order valence-corrected chi connectivity index (χ1v) is 10.6. The summed E-state index contributed by atoms with van der Waals surface area (Å²) < 4.78 is 5.42. The lowest BCUT2D eigenvalue weighted by molar-refractivity contribution is -0.140. The number of likely N-dealkylation sites (tertiary alicyclic amines) is 1. The molecule has 7 nitrogen and oxygen atoms in total. The van der Waals surface area contributed by atoms with E-state index in [1.165, 1.54) is 11.0 Å². The van der Waals surface area contributed by atoms with Gasteiger partial charge in [-0.15, -0.1) is 0 Å². The van der Waals surface area contributed by atoms with E-state index in [0.717, 1.165) is 6.54 Å². The molecule has 31 heavy (non-hydrogen) atoms. The van der Waals surface area contributed by atoms with Gasteiger partial charge in [0.15, 0.2) is 5.78 Å². The molecule has 1 amide bonds. The third-order valence-corrected chi connectivity index (χ3v) is 5.55. The van der Waals surface area contributed by atoms with Crippen molar-refractivity contribution in [2.45, 2.75) is 19.4 Å². The summed E-state index contributed by atoms with van der Waals surface area (Å²) >= 11 is 6.25. The summed E-state index contributed by atoms with van der Waals surface area (Å²) in [6.45, 7) is 3.41. The first kappa shape index (κ1) is 22.9. The Hall–Kier alpha value is -2.77. The Morgan fingerprint density at radius 3 is 2.52 bits per heavy atom. The number of nitrogens with zero attached hydrogens (tertiary/aromatic N) is 3. The van der Waals surface area contributed by atoms with Gasteiger partial charge < -0.3 is 14.5 Å². The van der Waals surface area contributed by atoms with Gasteiger partial charge in [-0.25, -0.2) is 0 Å². The Labute approximate surface area is 187 Å². The fraction of sp³-hybridized carbons (Fsp3) is 0.391. The second-order valence-corrected chi connectivity index (χ2v) is 8.07. The van der Waals surface area contributed by atoms with Crippen molar-refractivity contribution in [1.82, 2.24) is 14.8 Å². The molecule has 2 aromatic rings. The van der Waals surface area contributed by atoms with Crippen molar-refractivity contribution in [1.29, 1.82) is 0 Å². The zero-order valence-electron chi connectivity index (χ0n) is 17.9. The van der Waals surface area contributed by atoms with Gasteiger partial charge in [0.05, 0.1) is 17.7 Å². The molecule has 0 bridgehead atoms. The van der Waals surface area contributed by atoms with Crippen LogP contribution < -0.4 is 4.74 Å². The van der Waals surface area contributed by atoms with Crippen molar-refractivity contribution in [2.24, 2.45) is 5.92 Å². The molecule has 164 valence electrons. The first-order valence-electron chi connectivity index (χ1n) is 10.2. The number of hydrogen-bond acceptors (Lipinski definition) is 6. The smallest absolute Gasteiger partial charge is 0.291 e. The van der Waals surface area contributed by atoms with E-state index in [-0.39, 0.29) is 10.6 Å². The molecule has 0 saturated carbocycles. The zero-order valence-corrected chi connectivity index (χ0v) is 18.6. The molecule has 0 N–H and O–H groups in total. The summed E-state index contributed by atoms with van der Waals surface area (Å²) in [7, 11) is 3.89. The van der Waals surface area contributed by atoms with Crippen LogP contribution in [0.4, 0.5) is 0 Å². The SMILES string of the molecule is CCOc1ccc(C(=O)C2C(=O)C(=O)N(CCCN(C)C)C2c2ccncc2)cc1Cl. The molecular weight excluding hydrogens is 418 g/mol. The van der Waals surface area contributed by atoms with Gasteiger partial charge in [-0.1, -0.05) is 11.6 Å². The van der Waals surface area contributed by atoms with Gasteiger partial charge in [-0.05, 0) is 69.9 Å². The quantitative estimate of drug-likeness (QED) is 0.336. The highest BCUT2D eigenvalue weighted by molar-refractivity contribution is 6.44. The summed E-state index contributed by atoms with van der Waals surface area (Å²) in [5.41, 5.74) is 0.975. The van der Waals surface area contributed by atoms with Crippen LogP contribution >= 0.6 is 11.6 Å². The largest absolute Gasteiger partial charge is 0.492 e. The van der Waals surface area contributed by atoms with Gasteiger partial charge in [0.25, 0.3) is 5.91 Å². The van der Waals surface area contributed by atoms with Gasteiger partial charge in [-0.3, -0.25) is 19.4 Å². The van der Waals surface area contributed by atoms with Gasteiger partial charge in [0.1, 0.15) is 11.7 Å². The number of ketones is 2. The molecule has 1 aromatic carbocycles. The fourth-order valence-electron chi connectivity index (χ4n) is 3.82. The van der Waals surface area contributed by atoms with Crippen LogP contribution in [-0.4, -0.2) is 66.0 Å². The molecular formula is C23H26ClN3O4. The van der Waals surface area contributed by atoms with Crippen LogP contribution in [0.1, 0.15) is 35.3 Å². The monoisotopic (exact) mass is 443 g/mol. The Morgan fingerprint density at radius 1 is 1.19 bits per heavy atom. The fourth-order valence-corrected chi connectivity index (χ4v) is 4.06.